The maximum Gasteiger partial charge on any atom is 0.327 e. The summed E-state index contributed by atoms with van der Waals surface area (Å²) in [5.41, 5.74) is -0.000758. The molecule has 0 aromatic carbocycles. The van der Waals surface area contributed by atoms with Gasteiger partial charge in [-0.15, -0.1) is 11.8 Å². The molecule has 0 aromatic heterocycles. The molecule has 104 valence electrons. The van der Waals surface area contributed by atoms with Crippen LogP contribution in [0.25, 0.3) is 0 Å². The summed E-state index contributed by atoms with van der Waals surface area (Å²) in [6.07, 6.45) is 0. The van der Waals surface area contributed by atoms with Crippen LogP contribution >= 0.6 is 11.8 Å². The summed E-state index contributed by atoms with van der Waals surface area (Å²) in [4.78, 5) is 26.5. The number of rotatable bonds is 2. The number of urea groups is 1. The lowest BCUT2D eigenvalue weighted by atomic mass is 9.96. The summed E-state index contributed by atoms with van der Waals surface area (Å²) >= 11 is 1.50. The van der Waals surface area contributed by atoms with Gasteiger partial charge in [-0.05, 0) is 12.3 Å². The lowest BCUT2D eigenvalue weighted by Gasteiger charge is -2.33. The summed E-state index contributed by atoms with van der Waals surface area (Å²) in [6.45, 7) is 8.62. The van der Waals surface area contributed by atoms with Gasteiger partial charge in [0.2, 0.25) is 0 Å². The van der Waals surface area contributed by atoms with Crippen LogP contribution in [0.15, 0.2) is 0 Å². The standard InChI is InChI=1S/C12H22N2O3S/c1-8-14(9(6-18-8)10(15)16)11(17)13(5)7-12(2,3)4/h8-9H,6-7H2,1-5H3,(H,15,16). The first kappa shape index (κ1) is 15.1. The highest BCUT2D eigenvalue weighted by atomic mass is 32.2. The Hall–Kier alpha value is -0.910. The molecule has 1 fully saturated rings. The molecule has 6 heteroatoms. The van der Waals surface area contributed by atoms with Crippen LogP contribution in [0.5, 0.6) is 0 Å². The van der Waals surface area contributed by atoms with Gasteiger partial charge in [0.25, 0.3) is 0 Å². The lowest BCUT2D eigenvalue weighted by Crippen LogP contribution is -2.51. The Balaban J connectivity index is 2.78. The van der Waals surface area contributed by atoms with E-state index in [9.17, 15) is 9.59 Å². The van der Waals surface area contributed by atoms with E-state index < -0.39 is 12.0 Å². The van der Waals surface area contributed by atoms with Crippen molar-refractivity contribution in [2.45, 2.75) is 39.1 Å². The van der Waals surface area contributed by atoms with E-state index in [1.165, 1.54) is 16.7 Å². The molecule has 0 aromatic rings. The van der Waals surface area contributed by atoms with Crippen LogP contribution in [0, 0.1) is 5.41 Å². The van der Waals surface area contributed by atoms with Crippen LogP contribution in [0.2, 0.25) is 0 Å². The molecule has 0 saturated carbocycles. The van der Waals surface area contributed by atoms with Gasteiger partial charge in [-0.25, -0.2) is 9.59 Å². The van der Waals surface area contributed by atoms with Gasteiger partial charge >= 0.3 is 12.0 Å². The molecule has 2 unspecified atom stereocenters. The maximum absolute atomic E-state index is 12.3. The fourth-order valence-corrected chi connectivity index (χ4v) is 3.26. The summed E-state index contributed by atoms with van der Waals surface area (Å²) in [7, 11) is 1.72. The molecule has 1 rings (SSSR count). The van der Waals surface area contributed by atoms with Gasteiger partial charge in [0.15, 0.2) is 0 Å². The van der Waals surface area contributed by atoms with Crippen molar-refractivity contribution in [1.29, 1.82) is 0 Å². The van der Waals surface area contributed by atoms with Crippen LogP contribution in [-0.2, 0) is 4.79 Å². The van der Waals surface area contributed by atoms with E-state index in [2.05, 4.69) is 0 Å². The highest BCUT2D eigenvalue weighted by Gasteiger charge is 2.41. The molecule has 0 aliphatic carbocycles. The zero-order valence-corrected chi connectivity index (χ0v) is 12.5. The number of carboxylic acids is 1. The predicted octanol–water partition coefficient (Wildman–Crippen LogP) is 1.93. The fourth-order valence-electron chi connectivity index (χ4n) is 2.10. The highest BCUT2D eigenvalue weighted by Crippen LogP contribution is 2.30. The van der Waals surface area contributed by atoms with E-state index in [1.54, 1.807) is 11.9 Å². The minimum atomic E-state index is -0.927. The third kappa shape index (κ3) is 3.54. The number of hydrogen-bond acceptors (Lipinski definition) is 3. The van der Waals surface area contributed by atoms with Crippen molar-refractivity contribution in [3.05, 3.63) is 0 Å². The van der Waals surface area contributed by atoms with E-state index in [0.29, 0.717) is 12.3 Å². The maximum atomic E-state index is 12.3. The molecule has 0 spiro atoms. The molecule has 1 saturated heterocycles. The third-order valence-corrected chi connectivity index (χ3v) is 3.98. The molecule has 0 bridgehead atoms. The Kier molecular flexibility index (Phi) is 4.53. The second-order valence-electron chi connectivity index (χ2n) is 5.89. The number of hydrogen-bond donors (Lipinski definition) is 1. The molecule has 18 heavy (non-hydrogen) atoms. The molecule has 1 N–H and O–H groups in total. The number of thioether (sulfide) groups is 1. The van der Waals surface area contributed by atoms with E-state index in [0.717, 1.165) is 0 Å². The molecular formula is C12H22N2O3S. The number of nitrogens with zero attached hydrogens (tertiary/aromatic N) is 2. The van der Waals surface area contributed by atoms with Crippen molar-refractivity contribution in [2.75, 3.05) is 19.3 Å². The van der Waals surface area contributed by atoms with Crippen LogP contribution in [0.4, 0.5) is 4.79 Å². The van der Waals surface area contributed by atoms with E-state index in [1.807, 2.05) is 27.7 Å². The molecule has 1 aliphatic rings. The van der Waals surface area contributed by atoms with Crippen molar-refractivity contribution in [1.82, 2.24) is 9.80 Å². The largest absolute Gasteiger partial charge is 0.480 e. The lowest BCUT2D eigenvalue weighted by molar-refractivity contribution is -0.141. The van der Waals surface area contributed by atoms with E-state index >= 15 is 0 Å². The molecular weight excluding hydrogens is 252 g/mol. The summed E-state index contributed by atoms with van der Waals surface area (Å²) in [5.74, 6) is -0.463. The number of carboxylic acid groups (broad SMARTS) is 1. The smallest absolute Gasteiger partial charge is 0.327 e. The van der Waals surface area contributed by atoms with Gasteiger partial charge in [-0.3, -0.25) is 4.90 Å². The quantitative estimate of drug-likeness (QED) is 0.836. The number of amides is 2. The average molecular weight is 274 g/mol. The first-order valence-electron chi connectivity index (χ1n) is 6.01. The number of carbonyl (C=O) groups is 2. The van der Waals surface area contributed by atoms with Crippen LogP contribution in [-0.4, -0.2) is 57.7 Å². The van der Waals surface area contributed by atoms with Crippen molar-refractivity contribution < 1.29 is 14.7 Å². The number of carbonyl (C=O) groups excluding carboxylic acids is 1. The first-order valence-corrected chi connectivity index (χ1v) is 7.06. The van der Waals surface area contributed by atoms with Gasteiger partial charge in [0, 0.05) is 19.3 Å². The Morgan fingerprint density at radius 2 is 2.00 bits per heavy atom. The molecule has 0 radical (unpaired) electrons. The summed E-state index contributed by atoms with van der Waals surface area (Å²) in [6, 6.07) is -0.908. The molecule has 1 heterocycles. The fraction of sp³-hybridized carbons (Fsp3) is 0.833. The third-order valence-electron chi connectivity index (χ3n) is 2.77. The second kappa shape index (κ2) is 5.38. The first-order chi connectivity index (χ1) is 8.13. The molecule has 2 amide bonds. The molecule has 1 aliphatic heterocycles. The Labute approximate surface area is 113 Å². The average Bonchev–Trinajstić information content (AvgIpc) is 2.56. The monoisotopic (exact) mass is 274 g/mol. The minimum absolute atomic E-state index is 0.000758. The van der Waals surface area contributed by atoms with Crippen molar-refractivity contribution in [3.8, 4) is 0 Å². The zero-order chi connectivity index (χ0) is 14.1. The van der Waals surface area contributed by atoms with Gasteiger partial charge in [-0.2, -0.15) is 0 Å². The summed E-state index contributed by atoms with van der Waals surface area (Å²) in [5, 5.41) is 9.06. The molecule has 5 nitrogen and oxygen atoms in total. The van der Waals surface area contributed by atoms with Gasteiger partial charge in [0.05, 0.1) is 5.37 Å². The summed E-state index contributed by atoms with van der Waals surface area (Å²) < 4.78 is 0. The van der Waals surface area contributed by atoms with E-state index in [-0.39, 0.29) is 16.8 Å². The van der Waals surface area contributed by atoms with Crippen LogP contribution in [0.1, 0.15) is 27.7 Å². The SMILES string of the molecule is CC1SCC(C(=O)O)N1C(=O)N(C)CC(C)(C)C. The van der Waals surface area contributed by atoms with Gasteiger partial charge in [0.1, 0.15) is 6.04 Å². The topological polar surface area (TPSA) is 60.9 Å². The predicted molar refractivity (Wildman–Crippen MR) is 72.7 cm³/mol. The Bertz CT molecular complexity index is 341. The van der Waals surface area contributed by atoms with Crippen LogP contribution < -0.4 is 0 Å². The van der Waals surface area contributed by atoms with E-state index in [4.69, 9.17) is 5.11 Å². The zero-order valence-electron chi connectivity index (χ0n) is 11.6. The van der Waals surface area contributed by atoms with Crippen molar-refractivity contribution >= 4 is 23.8 Å². The minimum Gasteiger partial charge on any atom is -0.480 e. The normalized spacial score (nSPS) is 24.2. The second-order valence-corrected chi connectivity index (χ2v) is 7.24. The van der Waals surface area contributed by atoms with Gasteiger partial charge < -0.3 is 10.0 Å². The highest BCUT2D eigenvalue weighted by molar-refractivity contribution is 8.00. The Morgan fingerprint density at radius 1 is 1.44 bits per heavy atom. The van der Waals surface area contributed by atoms with Gasteiger partial charge in [-0.1, -0.05) is 20.8 Å². The molecule has 2 atom stereocenters. The van der Waals surface area contributed by atoms with Crippen molar-refractivity contribution in [2.24, 2.45) is 5.41 Å². The van der Waals surface area contributed by atoms with Crippen LogP contribution in [0.3, 0.4) is 0 Å². The number of aliphatic carboxylic acids is 1. The van der Waals surface area contributed by atoms with Crippen molar-refractivity contribution in [3.63, 3.8) is 0 Å². The Morgan fingerprint density at radius 3 is 2.44 bits per heavy atom.